The van der Waals surface area contributed by atoms with Gasteiger partial charge in [0.25, 0.3) is 0 Å². The smallest absolute Gasteiger partial charge is 0.325 e. The molecule has 1 fully saturated rings. The molecule has 2 aromatic carbocycles. The van der Waals surface area contributed by atoms with E-state index in [9.17, 15) is 9.90 Å². The van der Waals surface area contributed by atoms with Crippen molar-refractivity contribution in [2.75, 3.05) is 47.5 Å². The Balaban J connectivity index is 1.50. The summed E-state index contributed by atoms with van der Waals surface area (Å²) in [5.74, 6) is 0.968. The summed E-state index contributed by atoms with van der Waals surface area (Å²) in [6.45, 7) is 3.37. The van der Waals surface area contributed by atoms with Gasteiger partial charge in [-0.15, -0.1) is 0 Å². The van der Waals surface area contributed by atoms with Crippen LogP contribution in [0.2, 0.25) is 5.02 Å². The minimum Gasteiger partial charge on any atom is -0.493 e. The second-order valence-corrected chi connectivity index (χ2v) is 8.42. The summed E-state index contributed by atoms with van der Waals surface area (Å²) < 4.78 is 16.5. The van der Waals surface area contributed by atoms with Crippen LogP contribution in [0.1, 0.15) is 17.2 Å². The highest BCUT2D eigenvalue weighted by molar-refractivity contribution is 6.31. The number of aliphatic carboxylic acids is 1. The molecular weight excluding hydrogens is 446 g/mol. The Morgan fingerprint density at radius 3 is 2.42 bits per heavy atom. The van der Waals surface area contributed by atoms with Crippen molar-refractivity contribution in [1.82, 2.24) is 14.8 Å². The topological polar surface area (TPSA) is 87.3 Å². The third kappa shape index (κ3) is 4.59. The van der Waals surface area contributed by atoms with Gasteiger partial charge in [-0.3, -0.25) is 14.6 Å². The average Bonchev–Trinajstić information content (AvgIpc) is 3.22. The molecule has 33 heavy (non-hydrogen) atoms. The number of carbonyl (C=O) groups is 1. The van der Waals surface area contributed by atoms with E-state index in [4.69, 9.17) is 25.8 Å². The lowest BCUT2D eigenvalue weighted by molar-refractivity contribution is -0.144. The quantitative estimate of drug-likeness (QED) is 0.514. The van der Waals surface area contributed by atoms with Gasteiger partial charge in [-0.05, 0) is 24.3 Å². The molecular formula is C24H28ClN3O5. The SMILES string of the molecule is COc1ccc(CN2CCN([C@@H](C(=O)O)c3c[nH]c4ccc(Cl)cc34)CC2)c(OC)c1OC. The molecule has 2 N–H and O–H groups in total. The second kappa shape index (κ2) is 9.91. The van der Waals surface area contributed by atoms with Crippen LogP contribution in [0.3, 0.4) is 0 Å². The number of ether oxygens (including phenoxy) is 3. The molecule has 1 aromatic heterocycles. The van der Waals surface area contributed by atoms with Crippen LogP contribution in [0.4, 0.5) is 0 Å². The Morgan fingerprint density at radius 1 is 1.06 bits per heavy atom. The van der Waals surface area contributed by atoms with Crippen molar-refractivity contribution in [3.63, 3.8) is 0 Å². The van der Waals surface area contributed by atoms with E-state index in [0.29, 0.717) is 41.9 Å². The highest BCUT2D eigenvalue weighted by atomic mass is 35.5. The molecule has 176 valence electrons. The monoisotopic (exact) mass is 473 g/mol. The number of benzene rings is 2. The number of nitrogens with one attached hydrogen (secondary N) is 1. The van der Waals surface area contributed by atoms with Crippen molar-refractivity contribution in [2.45, 2.75) is 12.6 Å². The summed E-state index contributed by atoms with van der Waals surface area (Å²) in [6, 6.07) is 8.58. The maximum absolute atomic E-state index is 12.3. The van der Waals surface area contributed by atoms with E-state index in [2.05, 4.69) is 9.88 Å². The van der Waals surface area contributed by atoms with E-state index in [1.165, 1.54) is 0 Å². The van der Waals surface area contributed by atoms with Gasteiger partial charge in [-0.1, -0.05) is 17.7 Å². The number of hydrogen-bond acceptors (Lipinski definition) is 6. The van der Waals surface area contributed by atoms with Crippen molar-refractivity contribution in [3.05, 3.63) is 52.7 Å². The van der Waals surface area contributed by atoms with Gasteiger partial charge in [0.2, 0.25) is 5.75 Å². The van der Waals surface area contributed by atoms with Crippen molar-refractivity contribution >= 4 is 28.5 Å². The Bertz CT molecular complexity index is 1140. The lowest BCUT2D eigenvalue weighted by Crippen LogP contribution is -2.48. The van der Waals surface area contributed by atoms with Crippen molar-refractivity contribution in [2.24, 2.45) is 0 Å². The molecule has 4 rings (SSSR count). The normalized spacial score (nSPS) is 16.0. The number of methoxy groups -OCH3 is 3. The first kappa shape index (κ1) is 23.2. The summed E-state index contributed by atoms with van der Waals surface area (Å²) >= 11 is 6.17. The number of H-pyrrole nitrogens is 1. The van der Waals surface area contributed by atoms with Gasteiger partial charge in [0.15, 0.2) is 11.5 Å². The molecule has 1 aliphatic rings. The Morgan fingerprint density at radius 2 is 1.79 bits per heavy atom. The number of carboxylic acids is 1. The number of aromatic amines is 1. The number of hydrogen-bond donors (Lipinski definition) is 2. The fourth-order valence-corrected chi connectivity index (χ4v) is 4.71. The number of halogens is 1. The number of piperazine rings is 1. The van der Waals surface area contributed by atoms with Crippen LogP contribution in [0.5, 0.6) is 17.2 Å². The summed E-state index contributed by atoms with van der Waals surface area (Å²) in [5, 5.41) is 11.5. The van der Waals surface area contributed by atoms with Crippen LogP contribution >= 0.6 is 11.6 Å². The molecule has 0 spiro atoms. The van der Waals surface area contributed by atoms with Gasteiger partial charge in [0.1, 0.15) is 6.04 Å². The molecule has 9 heteroatoms. The molecule has 0 aliphatic carbocycles. The molecule has 2 heterocycles. The van der Waals surface area contributed by atoms with E-state index >= 15 is 0 Å². The first-order chi connectivity index (χ1) is 16.0. The van der Waals surface area contributed by atoms with Gasteiger partial charge in [0.05, 0.1) is 21.3 Å². The number of rotatable bonds is 8. The average molecular weight is 474 g/mol. The summed E-state index contributed by atoms with van der Waals surface area (Å²) in [6.07, 6.45) is 1.78. The molecule has 0 amide bonds. The predicted molar refractivity (Wildman–Crippen MR) is 127 cm³/mol. The molecule has 1 atom stereocenters. The maximum atomic E-state index is 12.3. The van der Waals surface area contributed by atoms with Crippen LogP contribution in [0.25, 0.3) is 10.9 Å². The zero-order chi connectivity index (χ0) is 23.5. The number of fused-ring (bicyclic) bond motifs is 1. The minimum absolute atomic E-state index is 0.570. The minimum atomic E-state index is -0.870. The summed E-state index contributed by atoms with van der Waals surface area (Å²) in [5.41, 5.74) is 2.60. The Kier molecular flexibility index (Phi) is 6.97. The molecule has 0 unspecified atom stereocenters. The lowest BCUT2D eigenvalue weighted by Gasteiger charge is -2.37. The number of nitrogens with zero attached hydrogens (tertiary/aromatic N) is 2. The van der Waals surface area contributed by atoms with Gasteiger partial charge < -0.3 is 24.3 Å². The van der Waals surface area contributed by atoms with Gasteiger partial charge in [-0.25, -0.2) is 0 Å². The zero-order valence-corrected chi connectivity index (χ0v) is 19.7. The van der Waals surface area contributed by atoms with Crippen LogP contribution in [-0.4, -0.2) is 73.4 Å². The first-order valence-corrected chi connectivity index (χ1v) is 11.1. The molecule has 0 bridgehead atoms. The second-order valence-electron chi connectivity index (χ2n) is 7.98. The number of aromatic nitrogens is 1. The van der Waals surface area contributed by atoms with Crippen LogP contribution in [0.15, 0.2) is 36.5 Å². The third-order valence-corrected chi connectivity index (χ3v) is 6.39. The predicted octanol–water partition coefficient (Wildman–Crippen LogP) is 3.79. The summed E-state index contributed by atoms with van der Waals surface area (Å²) in [4.78, 5) is 19.7. The van der Waals surface area contributed by atoms with Crippen LogP contribution in [0, 0.1) is 0 Å². The molecule has 1 aliphatic heterocycles. The Hall–Kier alpha value is -2.94. The zero-order valence-electron chi connectivity index (χ0n) is 18.9. The molecule has 8 nitrogen and oxygen atoms in total. The fraction of sp³-hybridized carbons (Fsp3) is 0.375. The van der Waals surface area contributed by atoms with E-state index in [0.717, 1.165) is 35.1 Å². The maximum Gasteiger partial charge on any atom is 0.325 e. The van der Waals surface area contributed by atoms with E-state index in [-0.39, 0.29) is 0 Å². The largest absolute Gasteiger partial charge is 0.493 e. The fourth-order valence-electron chi connectivity index (χ4n) is 4.53. The van der Waals surface area contributed by atoms with Gasteiger partial charge >= 0.3 is 5.97 Å². The highest BCUT2D eigenvalue weighted by Crippen LogP contribution is 2.40. The highest BCUT2D eigenvalue weighted by Gasteiger charge is 2.32. The van der Waals surface area contributed by atoms with E-state index in [1.54, 1.807) is 33.6 Å². The van der Waals surface area contributed by atoms with Crippen molar-refractivity contribution in [1.29, 1.82) is 0 Å². The standard InChI is InChI=1S/C24H28ClN3O5/c1-31-20-7-4-15(22(32-2)23(20)33-3)14-27-8-10-28(11-9-27)21(24(29)30)18-13-26-19-6-5-16(25)12-17(18)19/h4-7,12-13,21,26H,8-11,14H2,1-3H3,(H,29,30)/t21-/m1/s1. The summed E-state index contributed by atoms with van der Waals surface area (Å²) in [7, 11) is 4.80. The molecule has 0 radical (unpaired) electrons. The van der Waals surface area contributed by atoms with Crippen LogP contribution < -0.4 is 14.2 Å². The van der Waals surface area contributed by atoms with Crippen LogP contribution in [-0.2, 0) is 11.3 Å². The Labute approximate surface area is 197 Å². The van der Waals surface area contributed by atoms with Gasteiger partial charge in [0, 0.05) is 66.0 Å². The molecule has 0 saturated carbocycles. The van der Waals surface area contributed by atoms with Crippen molar-refractivity contribution in [3.8, 4) is 17.2 Å². The number of carboxylic acid groups (broad SMARTS) is 1. The third-order valence-electron chi connectivity index (χ3n) is 6.16. The van der Waals surface area contributed by atoms with Gasteiger partial charge in [-0.2, -0.15) is 0 Å². The molecule has 3 aromatic rings. The lowest BCUT2D eigenvalue weighted by atomic mass is 10.0. The van der Waals surface area contributed by atoms with E-state index < -0.39 is 12.0 Å². The first-order valence-electron chi connectivity index (χ1n) is 10.7. The van der Waals surface area contributed by atoms with Crippen molar-refractivity contribution < 1.29 is 24.1 Å². The molecule has 1 saturated heterocycles. The van der Waals surface area contributed by atoms with E-state index in [1.807, 2.05) is 29.2 Å².